The Morgan fingerprint density at radius 3 is 2.23 bits per heavy atom. The first-order valence-electron chi connectivity index (χ1n) is 5.13. The van der Waals surface area contributed by atoms with Crippen molar-refractivity contribution >= 4 is 5.91 Å². The summed E-state index contributed by atoms with van der Waals surface area (Å²) in [5.74, 6) is 0.646. The van der Waals surface area contributed by atoms with Gasteiger partial charge in [-0.3, -0.25) is 4.79 Å². The number of likely N-dealkylation sites (N-methyl/N-ethyl adjacent to an activating group) is 1. The van der Waals surface area contributed by atoms with Crippen molar-refractivity contribution < 1.29 is 4.79 Å². The van der Waals surface area contributed by atoms with Crippen molar-refractivity contribution in [3.05, 3.63) is 0 Å². The molecule has 1 heterocycles. The first-order chi connectivity index (χ1) is 6.16. The third kappa shape index (κ3) is 2.44. The normalized spacial score (nSPS) is 19.5. The predicted octanol–water partition coefficient (Wildman–Crippen LogP) is 0.853. The molecule has 0 radical (unpaired) electrons. The number of hydrogen-bond acceptors (Lipinski definition) is 2. The summed E-state index contributed by atoms with van der Waals surface area (Å²) in [6.45, 7) is 6.05. The van der Waals surface area contributed by atoms with E-state index in [1.807, 2.05) is 11.9 Å². The van der Waals surface area contributed by atoms with Crippen molar-refractivity contribution in [1.29, 1.82) is 0 Å². The molecule has 1 amide bonds. The summed E-state index contributed by atoms with van der Waals surface area (Å²) in [5, 5.41) is 3.09. The van der Waals surface area contributed by atoms with Crippen LogP contribution in [0.4, 0.5) is 0 Å². The summed E-state index contributed by atoms with van der Waals surface area (Å²) >= 11 is 0. The van der Waals surface area contributed by atoms with Crippen molar-refractivity contribution in [1.82, 2.24) is 10.2 Å². The molecule has 0 aliphatic carbocycles. The van der Waals surface area contributed by atoms with Gasteiger partial charge in [0.15, 0.2) is 0 Å². The van der Waals surface area contributed by atoms with Gasteiger partial charge in [-0.25, -0.2) is 0 Å². The van der Waals surface area contributed by atoms with Gasteiger partial charge in [-0.15, -0.1) is 0 Å². The van der Waals surface area contributed by atoms with Gasteiger partial charge in [-0.1, -0.05) is 13.8 Å². The Labute approximate surface area is 80.5 Å². The Morgan fingerprint density at radius 1 is 1.31 bits per heavy atom. The van der Waals surface area contributed by atoms with Gasteiger partial charge in [0.2, 0.25) is 5.91 Å². The third-order valence-electron chi connectivity index (χ3n) is 2.66. The zero-order chi connectivity index (χ0) is 9.84. The number of carbonyl (C=O) groups excluding carboxylic acids is 1. The van der Waals surface area contributed by atoms with Gasteiger partial charge in [-0.05, 0) is 25.8 Å². The van der Waals surface area contributed by atoms with E-state index in [2.05, 4.69) is 19.2 Å². The van der Waals surface area contributed by atoms with E-state index in [0.717, 1.165) is 13.1 Å². The van der Waals surface area contributed by atoms with Gasteiger partial charge in [0.1, 0.15) is 0 Å². The highest BCUT2D eigenvalue weighted by Crippen LogP contribution is 2.12. The molecule has 0 saturated carbocycles. The van der Waals surface area contributed by atoms with Crippen molar-refractivity contribution in [3.8, 4) is 0 Å². The fourth-order valence-corrected chi connectivity index (χ4v) is 1.88. The molecule has 3 heteroatoms. The lowest BCUT2D eigenvalue weighted by Crippen LogP contribution is -2.47. The topological polar surface area (TPSA) is 32.3 Å². The molecule has 1 saturated heterocycles. The van der Waals surface area contributed by atoms with Gasteiger partial charge in [0, 0.05) is 13.1 Å². The molecule has 1 rings (SSSR count). The highest BCUT2D eigenvalue weighted by atomic mass is 16.2. The highest BCUT2D eigenvalue weighted by Gasteiger charge is 2.26. The summed E-state index contributed by atoms with van der Waals surface area (Å²) in [6.07, 6.45) is 2.33. The summed E-state index contributed by atoms with van der Waals surface area (Å²) in [7, 11) is 1.86. The average Bonchev–Trinajstić information content (AvgIpc) is 2.56. The minimum atomic E-state index is -0.00176. The minimum Gasteiger partial charge on any atom is -0.341 e. The second-order valence-electron chi connectivity index (χ2n) is 4.04. The molecule has 0 aromatic carbocycles. The van der Waals surface area contributed by atoms with E-state index in [-0.39, 0.29) is 11.9 Å². The van der Waals surface area contributed by atoms with E-state index in [4.69, 9.17) is 0 Å². The van der Waals surface area contributed by atoms with Crippen LogP contribution < -0.4 is 5.32 Å². The largest absolute Gasteiger partial charge is 0.341 e. The van der Waals surface area contributed by atoms with E-state index < -0.39 is 0 Å². The number of nitrogens with zero attached hydrogens (tertiary/aromatic N) is 1. The SMILES string of the molecule is CNC(C(=O)N1CCCC1)C(C)C. The molecule has 1 fully saturated rings. The lowest BCUT2D eigenvalue weighted by Gasteiger charge is -2.25. The zero-order valence-corrected chi connectivity index (χ0v) is 8.84. The zero-order valence-electron chi connectivity index (χ0n) is 8.84. The number of hydrogen-bond donors (Lipinski definition) is 1. The van der Waals surface area contributed by atoms with Crippen LogP contribution in [0.2, 0.25) is 0 Å². The average molecular weight is 184 g/mol. The molecule has 0 aromatic heterocycles. The van der Waals surface area contributed by atoms with Crippen LogP contribution in [-0.2, 0) is 4.79 Å². The van der Waals surface area contributed by atoms with Gasteiger partial charge in [0.25, 0.3) is 0 Å². The summed E-state index contributed by atoms with van der Waals surface area (Å²) in [5.41, 5.74) is 0. The van der Waals surface area contributed by atoms with Crippen LogP contribution in [0.25, 0.3) is 0 Å². The number of likely N-dealkylation sites (tertiary alicyclic amines) is 1. The van der Waals surface area contributed by atoms with E-state index in [0.29, 0.717) is 5.92 Å². The quantitative estimate of drug-likeness (QED) is 0.705. The standard InChI is InChI=1S/C10H20N2O/c1-8(2)9(11-3)10(13)12-6-4-5-7-12/h8-9,11H,4-7H2,1-3H3. The van der Waals surface area contributed by atoms with Crippen LogP contribution in [0.5, 0.6) is 0 Å². The number of carbonyl (C=O) groups is 1. The van der Waals surface area contributed by atoms with E-state index in [9.17, 15) is 4.79 Å². The minimum absolute atomic E-state index is 0.00176. The molecule has 1 N–H and O–H groups in total. The maximum absolute atomic E-state index is 11.9. The van der Waals surface area contributed by atoms with Crippen LogP contribution in [0.15, 0.2) is 0 Å². The maximum Gasteiger partial charge on any atom is 0.239 e. The molecule has 1 atom stereocenters. The monoisotopic (exact) mass is 184 g/mol. The molecule has 0 aromatic rings. The first-order valence-corrected chi connectivity index (χ1v) is 5.13. The van der Waals surface area contributed by atoms with Gasteiger partial charge in [-0.2, -0.15) is 0 Å². The Hall–Kier alpha value is -0.570. The summed E-state index contributed by atoms with van der Waals surface area (Å²) in [4.78, 5) is 13.9. The van der Waals surface area contributed by atoms with Gasteiger partial charge < -0.3 is 10.2 Å². The second-order valence-corrected chi connectivity index (χ2v) is 4.04. The smallest absolute Gasteiger partial charge is 0.239 e. The highest BCUT2D eigenvalue weighted by molar-refractivity contribution is 5.82. The first kappa shape index (κ1) is 10.5. The van der Waals surface area contributed by atoms with Crippen LogP contribution in [0, 0.1) is 5.92 Å². The fourth-order valence-electron chi connectivity index (χ4n) is 1.88. The Morgan fingerprint density at radius 2 is 1.85 bits per heavy atom. The summed E-state index contributed by atoms with van der Waals surface area (Å²) in [6, 6.07) is -0.00176. The van der Waals surface area contributed by atoms with Crippen molar-refractivity contribution in [2.24, 2.45) is 5.92 Å². The number of amides is 1. The van der Waals surface area contributed by atoms with Gasteiger partial charge >= 0.3 is 0 Å². The summed E-state index contributed by atoms with van der Waals surface area (Å²) < 4.78 is 0. The molecule has 76 valence electrons. The molecule has 13 heavy (non-hydrogen) atoms. The maximum atomic E-state index is 11.9. The fraction of sp³-hybridized carbons (Fsp3) is 0.900. The number of rotatable bonds is 3. The third-order valence-corrected chi connectivity index (χ3v) is 2.66. The van der Waals surface area contributed by atoms with Crippen molar-refractivity contribution in [2.45, 2.75) is 32.7 Å². The lowest BCUT2D eigenvalue weighted by atomic mass is 10.0. The van der Waals surface area contributed by atoms with Crippen LogP contribution >= 0.6 is 0 Å². The predicted molar refractivity (Wildman–Crippen MR) is 53.5 cm³/mol. The molecular weight excluding hydrogens is 164 g/mol. The van der Waals surface area contributed by atoms with Crippen molar-refractivity contribution in [3.63, 3.8) is 0 Å². The molecular formula is C10H20N2O. The van der Waals surface area contributed by atoms with Gasteiger partial charge in [0.05, 0.1) is 6.04 Å². The number of nitrogens with one attached hydrogen (secondary N) is 1. The Balaban J connectivity index is 2.52. The van der Waals surface area contributed by atoms with Crippen LogP contribution in [0.1, 0.15) is 26.7 Å². The molecule has 0 bridgehead atoms. The van der Waals surface area contributed by atoms with E-state index in [1.165, 1.54) is 12.8 Å². The van der Waals surface area contributed by atoms with Crippen LogP contribution in [0.3, 0.4) is 0 Å². The van der Waals surface area contributed by atoms with E-state index >= 15 is 0 Å². The van der Waals surface area contributed by atoms with Crippen LogP contribution in [-0.4, -0.2) is 37.0 Å². The Kier molecular flexibility index (Phi) is 3.72. The second kappa shape index (κ2) is 4.61. The molecule has 1 aliphatic rings. The molecule has 0 spiro atoms. The Bertz CT molecular complexity index is 174. The van der Waals surface area contributed by atoms with E-state index in [1.54, 1.807) is 0 Å². The molecule has 1 unspecified atom stereocenters. The lowest BCUT2D eigenvalue weighted by molar-refractivity contribution is -0.133. The van der Waals surface area contributed by atoms with Crippen molar-refractivity contribution in [2.75, 3.05) is 20.1 Å². The molecule has 1 aliphatic heterocycles. The molecule has 3 nitrogen and oxygen atoms in total.